The highest BCUT2D eigenvalue weighted by atomic mass is 35.5. The normalized spacial score (nSPS) is 11.6. The minimum absolute atomic E-state index is 0.000749. The number of nitrogens with zero attached hydrogens (tertiary/aromatic N) is 1. The molecule has 0 aliphatic rings. The highest BCUT2D eigenvalue weighted by molar-refractivity contribution is 7.89. The molecule has 6 heteroatoms. The molecule has 0 saturated heterocycles. The first kappa shape index (κ1) is 16.0. The van der Waals surface area contributed by atoms with E-state index in [1.807, 2.05) is 0 Å². The lowest BCUT2D eigenvalue weighted by atomic mass is 10.1. The molecule has 0 unspecified atom stereocenters. The monoisotopic (exact) mass is 301 g/mol. The molecule has 0 saturated carbocycles. The molecule has 19 heavy (non-hydrogen) atoms. The third kappa shape index (κ3) is 3.28. The summed E-state index contributed by atoms with van der Waals surface area (Å²) in [6.07, 6.45) is 5.18. The molecule has 0 aliphatic heterocycles. The molecule has 4 nitrogen and oxygen atoms in total. The highest BCUT2D eigenvalue weighted by Crippen LogP contribution is 2.26. The minimum atomic E-state index is -3.70. The predicted octanol–water partition coefficient (Wildman–Crippen LogP) is 1.78. The van der Waals surface area contributed by atoms with Crippen LogP contribution in [0.1, 0.15) is 18.1 Å². The quantitative estimate of drug-likeness (QED) is 0.844. The van der Waals surface area contributed by atoms with Gasteiger partial charge in [-0.05, 0) is 30.2 Å². The number of sulfonamides is 1. The van der Waals surface area contributed by atoms with Crippen LogP contribution >= 0.6 is 11.6 Å². The van der Waals surface area contributed by atoms with Crippen LogP contribution in [0.15, 0.2) is 17.0 Å². The largest absolute Gasteiger partial charge is 0.392 e. The number of aliphatic hydroxyl groups is 1. The lowest BCUT2D eigenvalue weighted by Crippen LogP contribution is -2.31. The van der Waals surface area contributed by atoms with Gasteiger partial charge in [-0.3, -0.25) is 0 Å². The summed E-state index contributed by atoms with van der Waals surface area (Å²) >= 11 is 5.90. The molecule has 1 N–H and O–H groups in total. The molecule has 0 aromatic heterocycles. The van der Waals surface area contributed by atoms with Crippen LogP contribution in [-0.2, 0) is 16.6 Å². The zero-order chi connectivity index (χ0) is 14.6. The van der Waals surface area contributed by atoms with E-state index in [4.69, 9.17) is 18.0 Å². The SMILES string of the molecule is C#CCN(CC)S(=O)(=O)c1cc(Cl)cc(CO)c1C. The van der Waals surface area contributed by atoms with Crippen LogP contribution in [0.5, 0.6) is 0 Å². The van der Waals surface area contributed by atoms with E-state index in [0.717, 1.165) is 0 Å². The van der Waals surface area contributed by atoms with Gasteiger partial charge < -0.3 is 5.11 Å². The van der Waals surface area contributed by atoms with E-state index in [2.05, 4.69) is 5.92 Å². The molecule has 1 aromatic rings. The molecular weight excluding hydrogens is 286 g/mol. The number of terminal acetylenes is 1. The maximum Gasteiger partial charge on any atom is 0.244 e. The van der Waals surface area contributed by atoms with Crippen LogP contribution in [0, 0.1) is 19.3 Å². The van der Waals surface area contributed by atoms with Crippen LogP contribution in [0.4, 0.5) is 0 Å². The van der Waals surface area contributed by atoms with Gasteiger partial charge in [0.05, 0.1) is 18.0 Å². The van der Waals surface area contributed by atoms with Crippen molar-refractivity contribution in [2.45, 2.75) is 25.3 Å². The fraction of sp³-hybridized carbons (Fsp3) is 0.385. The molecule has 0 amide bonds. The molecule has 0 aliphatic carbocycles. The van der Waals surface area contributed by atoms with Crippen molar-refractivity contribution in [2.24, 2.45) is 0 Å². The van der Waals surface area contributed by atoms with E-state index in [1.54, 1.807) is 19.9 Å². The van der Waals surface area contributed by atoms with Gasteiger partial charge in [0.15, 0.2) is 0 Å². The number of halogens is 1. The Morgan fingerprint density at radius 2 is 2.11 bits per heavy atom. The Bertz CT molecular complexity index is 605. The van der Waals surface area contributed by atoms with Crippen molar-refractivity contribution in [3.05, 3.63) is 28.3 Å². The fourth-order valence-corrected chi connectivity index (χ4v) is 3.71. The number of hydrogen-bond acceptors (Lipinski definition) is 3. The van der Waals surface area contributed by atoms with Crippen molar-refractivity contribution < 1.29 is 13.5 Å². The van der Waals surface area contributed by atoms with E-state index < -0.39 is 10.0 Å². The van der Waals surface area contributed by atoms with Crippen LogP contribution in [0.25, 0.3) is 0 Å². The summed E-state index contributed by atoms with van der Waals surface area (Å²) in [5.74, 6) is 2.32. The second-order valence-electron chi connectivity index (χ2n) is 3.98. The van der Waals surface area contributed by atoms with Crippen molar-refractivity contribution in [1.82, 2.24) is 4.31 Å². The molecule has 0 spiro atoms. The number of hydrogen-bond donors (Lipinski definition) is 1. The Morgan fingerprint density at radius 3 is 2.58 bits per heavy atom. The molecule has 0 bridgehead atoms. The topological polar surface area (TPSA) is 57.6 Å². The minimum Gasteiger partial charge on any atom is -0.392 e. The molecule has 0 fully saturated rings. The third-order valence-electron chi connectivity index (χ3n) is 2.84. The van der Waals surface area contributed by atoms with E-state index in [0.29, 0.717) is 11.1 Å². The van der Waals surface area contributed by atoms with Crippen molar-refractivity contribution in [3.8, 4) is 12.3 Å². The summed E-state index contributed by atoms with van der Waals surface area (Å²) in [5.41, 5.74) is 0.977. The van der Waals surface area contributed by atoms with Gasteiger partial charge in [0, 0.05) is 11.6 Å². The van der Waals surface area contributed by atoms with Crippen LogP contribution < -0.4 is 0 Å². The van der Waals surface area contributed by atoms with E-state index in [9.17, 15) is 13.5 Å². The molecule has 1 rings (SSSR count). The predicted molar refractivity (Wildman–Crippen MR) is 75.4 cm³/mol. The van der Waals surface area contributed by atoms with Gasteiger partial charge in [0.25, 0.3) is 0 Å². The zero-order valence-corrected chi connectivity index (χ0v) is 12.4. The average Bonchev–Trinajstić information content (AvgIpc) is 2.37. The van der Waals surface area contributed by atoms with E-state index in [1.165, 1.54) is 10.4 Å². The maximum absolute atomic E-state index is 12.5. The second-order valence-corrected chi connectivity index (χ2v) is 6.32. The summed E-state index contributed by atoms with van der Waals surface area (Å²) in [6, 6.07) is 2.93. The first-order valence-electron chi connectivity index (χ1n) is 5.72. The molecule has 104 valence electrons. The van der Waals surface area contributed by atoms with Gasteiger partial charge in [0.2, 0.25) is 10.0 Å². The van der Waals surface area contributed by atoms with Crippen LogP contribution in [0.2, 0.25) is 5.02 Å². The summed E-state index contributed by atoms with van der Waals surface area (Å²) in [5, 5.41) is 9.50. The van der Waals surface area contributed by atoms with Gasteiger partial charge in [-0.25, -0.2) is 8.42 Å². The Hall–Kier alpha value is -1.06. The van der Waals surface area contributed by atoms with Gasteiger partial charge in [-0.2, -0.15) is 4.31 Å². The van der Waals surface area contributed by atoms with Gasteiger partial charge in [-0.15, -0.1) is 6.42 Å². The van der Waals surface area contributed by atoms with Crippen molar-refractivity contribution >= 4 is 21.6 Å². The summed E-state index contributed by atoms with van der Waals surface area (Å²) in [7, 11) is -3.70. The third-order valence-corrected chi connectivity index (χ3v) is 5.11. The lowest BCUT2D eigenvalue weighted by molar-refractivity contribution is 0.280. The molecular formula is C13H16ClNO3S. The summed E-state index contributed by atoms with van der Waals surface area (Å²) in [4.78, 5) is 0.0844. The fourth-order valence-electron chi connectivity index (χ4n) is 1.75. The Kier molecular flexibility index (Phi) is 5.39. The maximum atomic E-state index is 12.5. The van der Waals surface area contributed by atoms with Gasteiger partial charge >= 0.3 is 0 Å². The number of benzene rings is 1. The number of aliphatic hydroxyl groups excluding tert-OH is 1. The Balaban J connectivity index is 3.44. The lowest BCUT2D eigenvalue weighted by Gasteiger charge is -2.20. The Morgan fingerprint density at radius 1 is 1.47 bits per heavy atom. The van der Waals surface area contributed by atoms with E-state index >= 15 is 0 Å². The first-order valence-corrected chi connectivity index (χ1v) is 7.53. The van der Waals surface area contributed by atoms with Crippen molar-refractivity contribution in [2.75, 3.05) is 13.1 Å². The number of rotatable bonds is 5. The summed E-state index contributed by atoms with van der Waals surface area (Å²) in [6.45, 7) is 3.35. The molecule has 0 radical (unpaired) electrons. The molecule has 0 atom stereocenters. The van der Waals surface area contributed by atoms with Crippen molar-refractivity contribution in [3.63, 3.8) is 0 Å². The second kappa shape index (κ2) is 6.40. The highest BCUT2D eigenvalue weighted by Gasteiger charge is 2.25. The average molecular weight is 302 g/mol. The van der Waals surface area contributed by atoms with Gasteiger partial charge in [0.1, 0.15) is 0 Å². The Labute approximate surface area is 119 Å². The standard InChI is InChI=1S/C13H16ClNO3S/c1-4-6-15(5-2)19(17,18)13-8-12(14)7-11(9-16)10(13)3/h1,7-8,16H,5-6,9H2,2-3H3. The van der Waals surface area contributed by atoms with Crippen molar-refractivity contribution in [1.29, 1.82) is 0 Å². The van der Waals surface area contributed by atoms with Crippen LogP contribution in [0.3, 0.4) is 0 Å². The van der Waals surface area contributed by atoms with E-state index in [-0.39, 0.29) is 29.6 Å². The van der Waals surface area contributed by atoms with Crippen LogP contribution in [-0.4, -0.2) is 30.9 Å². The first-order chi connectivity index (χ1) is 8.88. The molecule has 0 heterocycles. The smallest absolute Gasteiger partial charge is 0.244 e. The molecule has 1 aromatic carbocycles. The van der Waals surface area contributed by atoms with Gasteiger partial charge in [-0.1, -0.05) is 24.4 Å². The summed E-state index contributed by atoms with van der Waals surface area (Å²) < 4.78 is 26.2. The zero-order valence-electron chi connectivity index (χ0n) is 10.9.